The predicted octanol–water partition coefficient (Wildman–Crippen LogP) is -0.802. The van der Waals surface area contributed by atoms with Crippen molar-refractivity contribution in [1.29, 1.82) is 0 Å². The third-order valence-electron chi connectivity index (χ3n) is 2.22. The zero-order valence-electron chi connectivity index (χ0n) is 7.45. The van der Waals surface area contributed by atoms with Gasteiger partial charge in [-0.25, -0.2) is 0 Å². The Morgan fingerprint density at radius 3 is 2.27 bits per heavy atom. The summed E-state index contributed by atoms with van der Waals surface area (Å²) in [5.41, 5.74) is -3.15. The van der Waals surface area contributed by atoms with Gasteiger partial charge < -0.3 is 20.1 Å². The van der Waals surface area contributed by atoms with Crippen LogP contribution in [0.4, 0.5) is 0 Å². The summed E-state index contributed by atoms with van der Waals surface area (Å²) in [5, 5.41) is 28.1. The molecule has 0 heterocycles. The molecule has 6 nitrogen and oxygen atoms in total. The maximum absolute atomic E-state index is 10.7. The molecule has 0 aliphatic heterocycles. The molecule has 0 aromatic heterocycles. The number of carbonyl (C=O) groups is 3. The molecule has 15 heavy (non-hydrogen) atoms. The molecule has 0 spiro atoms. The molecule has 0 bridgehead atoms. The van der Waals surface area contributed by atoms with E-state index in [1.807, 2.05) is 0 Å². The Morgan fingerprint density at radius 1 is 1.27 bits per heavy atom. The first-order chi connectivity index (χ1) is 7.01. The number of rotatable bonds is 3. The summed E-state index contributed by atoms with van der Waals surface area (Å²) in [7, 11) is 0. The van der Waals surface area contributed by atoms with Gasteiger partial charge in [-0.3, -0.25) is 9.59 Å². The van der Waals surface area contributed by atoms with E-state index < -0.39 is 28.6 Å². The number of aliphatic hydroxyl groups is 3. The molecule has 6 heteroatoms. The molecule has 0 saturated carbocycles. The van der Waals surface area contributed by atoms with Crippen LogP contribution in [0.5, 0.6) is 0 Å². The van der Waals surface area contributed by atoms with E-state index >= 15 is 0 Å². The number of hydrogen-bond acceptors (Lipinski definition) is 6. The van der Waals surface area contributed by atoms with Crippen LogP contribution < -0.4 is 0 Å². The van der Waals surface area contributed by atoms with Crippen LogP contribution in [0, 0.1) is 5.92 Å². The van der Waals surface area contributed by atoms with Gasteiger partial charge in [0.2, 0.25) is 0 Å². The molecule has 3 N–H and O–H groups in total. The van der Waals surface area contributed by atoms with Crippen molar-refractivity contribution >= 4 is 18.9 Å². The van der Waals surface area contributed by atoms with E-state index in [2.05, 4.69) is 0 Å². The summed E-state index contributed by atoms with van der Waals surface area (Å²) < 4.78 is 0. The van der Waals surface area contributed by atoms with Crippen LogP contribution in [-0.2, 0) is 14.4 Å². The normalized spacial score (nSPS) is 30.7. The molecule has 1 rings (SSSR count). The van der Waals surface area contributed by atoms with Crippen molar-refractivity contribution in [1.82, 2.24) is 0 Å². The monoisotopic (exact) mass is 212 g/mol. The molecular formula is C9H8O6. The lowest BCUT2D eigenvalue weighted by Crippen LogP contribution is -2.46. The molecule has 2 atom stereocenters. The quantitative estimate of drug-likeness (QED) is 0.528. The third-order valence-corrected chi connectivity index (χ3v) is 2.22. The largest absolute Gasteiger partial charge is 0.511 e. The predicted molar refractivity (Wildman–Crippen MR) is 47.0 cm³/mol. The van der Waals surface area contributed by atoms with E-state index in [1.54, 1.807) is 0 Å². The number of aldehydes is 3. The topological polar surface area (TPSA) is 112 Å². The van der Waals surface area contributed by atoms with Crippen molar-refractivity contribution in [3.63, 3.8) is 0 Å². The molecule has 1 aliphatic rings. The fraction of sp³-hybridized carbons (Fsp3) is 0.222. The lowest BCUT2D eigenvalue weighted by Gasteiger charge is -2.30. The second kappa shape index (κ2) is 3.66. The zero-order chi connectivity index (χ0) is 11.6. The van der Waals surface area contributed by atoms with E-state index in [-0.39, 0.29) is 18.9 Å². The number of allylic oxidation sites excluding steroid dienone is 1. The van der Waals surface area contributed by atoms with Gasteiger partial charge in [0, 0.05) is 6.08 Å². The Labute approximate surface area is 84.1 Å². The van der Waals surface area contributed by atoms with E-state index in [4.69, 9.17) is 0 Å². The maximum atomic E-state index is 10.7. The SMILES string of the molecule is O=CC1=C(O)C=C(O)C(C=O)C1(O)C=O. The van der Waals surface area contributed by atoms with Crippen LogP contribution in [0.1, 0.15) is 0 Å². The highest BCUT2D eigenvalue weighted by atomic mass is 16.3. The first-order valence-corrected chi connectivity index (χ1v) is 3.94. The van der Waals surface area contributed by atoms with Crippen LogP contribution >= 0.6 is 0 Å². The van der Waals surface area contributed by atoms with Gasteiger partial charge in [-0.15, -0.1) is 0 Å². The van der Waals surface area contributed by atoms with Crippen LogP contribution in [0.3, 0.4) is 0 Å². The molecular weight excluding hydrogens is 204 g/mol. The summed E-state index contributed by atoms with van der Waals surface area (Å²) in [6.45, 7) is 0. The smallest absolute Gasteiger partial charge is 0.168 e. The van der Waals surface area contributed by atoms with Gasteiger partial charge in [-0.2, -0.15) is 0 Å². The van der Waals surface area contributed by atoms with Gasteiger partial charge in [0.1, 0.15) is 23.7 Å². The minimum absolute atomic E-state index is 0.0587. The van der Waals surface area contributed by atoms with E-state index in [1.165, 1.54) is 0 Å². The molecule has 2 unspecified atom stereocenters. The van der Waals surface area contributed by atoms with Crippen molar-refractivity contribution in [2.24, 2.45) is 5.92 Å². The lowest BCUT2D eigenvalue weighted by molar-refractivity contribution is -0.133. The van der Waals surface area contributed by atoms with Crippen LogP contribution in [0.2, 0.25) is 0 Å². The Hall–Kier alpha value is -1.95. The summed E-state index contributed by atoms with van der Waals surface area (Å²) in [5.74, 6) is -3.00. The Bertz CT molecular complexity index is 380. The van der Waals surface area contributed by atoms with Crippen molar-refractivity contribution in [2.75, 3.05) is 0 Å². The van der Waals surface area contributed by atoms with Gasteiger partial charge in [-0.05, 0) is 0 Å². The average molecular weight is 212 g/mol. The fourth-order valence-corrected chi connectivity index (χ4v) is 1.37. The van der Waals surface area contributed by atoms with E-state index in [0.717, 1.165) is 6.08 Å². The van der Waals surface area contributed by atoms with Gasteiger partial charge in [0.15, 0.2) is 18.2 Å². The fourth-order valence-electron chi connectivity index (χ4n) is 1.37. The number of hydrogen-bond donors (Lipinski definition) is 3. The summed E-state index contributed by atoms with van der Waals surface area (Å²) in [4.78, 5) is 31.8. The summed E-state index contributed by atoms with van der Waals surface area (Å²) >= 11 is 0. The van der Waals surface area contributed by atoms with Crippen molar-refractivity contribution in [2.45, 2.75) is 5.60 Å². The van der Waals surface area contributed by atoms with E-state index in [0.29, 0.717) is 0 Å². The minimum atomic E-state index is -2.51. The second-order valence-corrected chi connectivity index (χ2v) is 3.04. The molecule has 0 fully saturated rings. The molecule has 0 aromatic carbocycles. The van der Waals surface area contributed by atoms with Crippen molar-refractivity contribution in [3.05, 3.63) is 23.2 Å². The van der Waals surface area contributed by atoms with Gasteiger partial charge >= 0.3 is 0 Å². The second-order valence-electron chi connectivity index (χ2n) is 3.04. The standard InChI is InChI=1S/C9H8O6/c10-2-5-7(13)1-8(14)6(3-11)9(5,15)4-12/h1-5,13-15H. The Morgan fingerprint density at radius 2 is 1.87 bits per heavy atom. The molecule has 1 aliphatic carbocycles. The van der Waals surface area contributed by atoms with Crippen LogP contribution in [0.15, 0.2) is 23.2 Å². The molecule has 80 valence electrons. The Balaban J connectivity index is 3.44. The van der Waals surface area contributed by atoms with Crippen LogP contribution in [0.25, 0.3) is 0 Å². The molecule has 0 radical (unpaired) electrons. The van der Waals surface area contributed by atoms with Gasteiger partial charge in [0.05, 0.1) is 5.57 Å². The number of carbonyl (C=O) groups excluding carboxylic acids is 3. The highest BCUT2D eigenvalue weighted by Gasteiger charge is 2.47. The summed E-state index contributed by atoms with van der Waals surface area (Å²) in [6.07, 6.45) is 0.843. The first kappa shape index (κ1) is 11.1. The zero-order valence-corrected chi connectivity index (χ0v) is 7.45. The van der Waals surface area contributed by atoms with Crippen molar-refractivity contribution < 1.29 is 29.7 Å². The molecule has 0 amide bonds. The molecule has 0 aromatic rings. The average Bonchev–Trinajstić information content (AvgIpc) is 2.18. The Kier molecular flexibility index (Phi) is 2.71. The lowest BCUT2D eigenvalue weighted by atomic mass is 9.78. The highest BCUT2D eigenvalue weighted by Crippen LogP contribution is 2.33. The number of aliphatic hydroxyl groups excluding tert-OH is 2. The van der Waals surface area contributed by atoms with Gasteiger partial charge in [0.25, 0.3) is 0 Å². The third kappa shape index (κ3) is 1.44. The summed E-state index contributed by atoms with van der Waals surface area (Å²) in [6, 6.07) is 0. The van der Waals surface area contributed by atoms with Crippen LogP contribution in [-0.4, -0.2) is 39.8 Å². The maximum Gasteiger partial charge on any atom is 0.168 e. The molecule has 0 saturated heterocycles. The van der Waals surface area contributed by atoms with Crippen molar-refractivity contribution in [3.8, 4) is 0 Å². The van der Waals surface area contributed by atoms with E-state index in [9.17, 15) is 29.7 Å². The minimum Gasteiger partial charge on any atom is -0.511 e. The van der Waals surface area contributed by atoms with Gasteiger partial charge in [-0.1, -0.05) is 0 Å². The first-order valence-electron chi connectivity index (χ1n) is 3.94. The highest BCUT2D eigenvalue weighted by molar-refractivity contribution is 5.92.